The van der Waals surface area contributed by atoms with Crippen molar-refractivity contribution < 1.29 is 9.18 Å². The van der Waals surface area contributed by atoms with Crippen molar-refractivity contribution in [2.45, 2.75) is 46.2 Å². The molecular formula is C23H30FN3O. The lowest BCUT2D eigenvalue weighted by Crippen LogP contribution is -2.45. The summed E-state index contributed by atoms with van der Waals surface area (Å²) in [6, 6.07) is 12.6. The first kappa shape index (κ1) is 20.5. The number of rotatable bonds is 5. The van der Waals surface area contributed by atoms with Crippen LogP contribution in [-0.4, -0.2) is 28.9 Å². The number of nitrogens with one attached hydrogen (secondary N) is 1. The normalized spacial score (nSPS) is 19.2. The third-order valence-corrected chi connectivity index (χ3v) is 5.34. The van der Waals surface area contributed by atoms with Gasteiger partial charge in [-0.1, -0.05) is 45.0 Å². The predicted molar refractivity (Wildman–Crippen MR) is 109 cm³/mol. The van der Waals surface area contributed by atoms with E-state index in [9.17, 15) is 9.18 Å². The van der Waals surface area contributed by atoms with Gasteiger partial charge in [-0.15, -0.1) is 0 Å². The first-order valence-corrected chi connectivity index (χ1v) is 10.0. The Labute approximate surface area is 167 Å². The predicted octanol–water partition coefficient (Wildman–Crippen LogP) is 4.34. The molecule has 0 radical (unpaired) electrons. The Kier molecular flexibility index (Phi) is 6.45. The molecule has 4 nitrogen and oxygen atoms in total. The van der Waals surface area contributed by atoms with Crippen molar-refractivity contribution in [3.63, 3.8) is 0 Å². The summed E-state index contributed by atoms with van der Waals surface area (Å²) in [5.74, 6) is 0.100. The summed E-state index contributed by atoms with van der Waals surface area (Å²) in [6.07, 6.45) is 3.80. The summed E-state index contributed by atoms with van der Waals surface area (Å²) >= 11 is 0. The van der Waals surface area contributed by atoms with Gasteiger partial charge in [-0.3, -0.25) is 14.7 Å². The SMILES string of the molecule is CC(C)(C)C(=O)NC(c1ccccn1)C1CCCN(Cc2ccccc2F)C1. The number of halogens is 1. The number of hydrogen-bond donors (Lipinski definition) is 1. The molecule has 1 aliphatic heterocycles. The molecule has 1 aromatic carbocycles. The van der Waals surface area contributed by atoms with Gasteiger partial charge in [0, 0.05) is 30.3 Å². The van der Waals surface area contributed by atoms with E-state index < -0.39 is 5.41 Å². The first-order chi connectivity index (χ1) is 13.3. The minimum atomic E-state index is -0.464. The molecule has 1 amide bonds. The molecule has 150 valence electrons. The second-order valence-corrected chi connectivity index (χ2v) is 8.68. The molecule has 2 aromatic rings. The third-order valence-electron chi connectivity index (χ3n) is 5.34. The Hall–Kier alpha value is -2.27. The van der Waals surface area contributed by atoms with Crippen LogP contribution in [0.15, 0.2) is 48.7 Å². The molecule has 1 aliphatic rings. The largest absolute Gasteiger partial charge is 0.347 e. The van der Waals surface area contributed by atoms with E-state index in [0.29, 0.717) is 6.54 Å². The van der Waals surface area contributed by atoms with Gasteiger partial charge < -0.3 is 5.32 Å². The number of nitrogens with zero attached hydrogens (tertiary/aromatic N) is 2. The first-order valence-electron chi connectivity index (χ1n) is 10.0. The molecule has 0 bridgehead atoms. The van der Waals surface area contributed by atoms with E-state index in [2.05, 4.69) is 15.2 Å². The number of amides is 1. The number of piperidine rings is 1. The monoisotopic (exact) mass is 383 g/mol. The summed E-state index contributed by atoms with van der Waals surface area (Å²) in [7, 11) is 0. The van der Waals surface area contributed by atoms with Gasteiger partial charge in [-0.2, -0.15) is 0 Å². The number of pyridine rings is 1. The number of aromatic nitrogens is 1. The Bertz CT molecular complexity index is 788. The molecule has 1 N–H and O–H groups in total. The molecule has 1 saturated heterocycles. The van der Waals surface area contributed by atoms with Crippen LogP contribution in [0.4, 0.5) is 4.39 Å². The van der Waals surface area contributed by atoms with Gasteiger partial charge in [0.25, 0.3) is 0 Å². The van der Waals surface area contributed by atoms with Crippen LogP contribution in [-0.2, 0) is 11.3 Å². The standard InChI is InChI=1S/C23H30FN3O/c1-23(2,3)22(28)26-21(20-12-6-7-13-25-20)18-10-8-14-27(16-18)15-17-9-4-5-11-19(17)24/h4-7,9,11-13,18,21H,8,10,14-16H2,1-3H3,(H,26,28). The summed E-state index contributed by atoms with van der Waals surface area (Å²) < 4.78 is 14.1. The van der Waals surface area contributed by atoms with Crippen LogP contribution < -0.4 is 5.32 Å². The molecule has 1 fully saturated rings. The Morgan fingerprint density at radius 2 is 2.00 bits per heavy atom. The molecule has 1 aromatic heterocycles. The van der Waals surface area contributed by atoms with Gasteiger partial charge in [-0.25, -0.2) is 4.39 Å². The Morgan fingerprint density at radius 1 is 1.25 bits per heavy atom. The number of hydrogen-bond acceptors (Lipinski definition) is 3. The third kappa shape index (κ3) is 5.16. The highest BCUT2D eigenvalue weighted by Gasteiger charge is 2.33. The van der Waals surface area contributed by atoms with E-state index in [0.717, 1.165) is 37.2 Å². The average Bonchev–Trinajstić information content (AvgIpc) is 2.68. The molecule has 0 aliphatic carbocycles. The average molecular weight is 384 g/mol. The van der Waals surface area contributed by atoms with E-state index in [1.54, 1.807) is 12.3 Å². The fourth-order valence-electron chi connectivity index (χ4n) is 3.73. The highest BCUT2D eigenvalue weighted by molar-refractivity contribution is 5.81. The smallest absolute Gasteiger partial charge is 0.225 e. The van der Waals surface area contributed by atoms with Crippen LogP contribution in [0.3, 0.4) is 0 Å². The van der Waals surface area contributed by atoms with Gasteiger partial charge in [0.1, 0.15) is 5.82 Å². The maximum atomic E-state index is 14.1. The van der Waals surface area contributed by atoms with Crippen molar-refractivity contribution >= 4 is 5.91 Å². The number of likely N-dealkylation sites (tertiary alicyclic amines) is 1. The second-order valence-electron chi connectivity index (χ2n) is 8.68. The second kappa shape index (κ2) is 8.82. The summed E-state index contributed by atoms with van der Waals surface area (Å²) in [6.45, 7) is 8.09. The molecule has 0 saturated carbocycles. The van der Waals surface area contributed by atoms with E-state index in [4.69, 9.17) is 0 Å². The van der Waals surface area contributed by atoms with Crippen LogP contribution in [0.25, 0.3) is 0 Å². The van der Waals surface area contributed by atoms with Gasteiger partial charge >= 0.3 is 0 Å². The zero-order valence-electron chi connectivity index (χ0n) is 17.0. The maximum absolute atomic E-state index is 14.1. The molecule has 0 spiro atoms. The summed E-state index contributed by atoms with van der Waals surface area (Å²) in [4.78, 5) is 19.5. The molecule has 28 heavy (non-hydrogen) atoms. The fourth-order valence-corrected chi connectivity index (χ4v) is 3.73. The molecule has 2 heterocycles. The highest BCUT2D eigenvalue weighted by atomic mass is 19.1. The Balaban J connectivity index is 1.77. The molecule has 5 heteroatoms. The van der Waals surface area contributed by atoms with Gasteiger partial charge in [0.05, 0.1) is 11.7 Å². The minimum absolute atomic E-state index is 0.0226. The molecule has 2 atom stereocenters. The topological polar surface area (TPSA) is 45.2 Å². The van der Waals surface area contributed by atoms with E-state index in [-0.39, 0.29) is 23.7 Å². The van der Waals surface area contributed by atoms with Crippen LogP contribution >= 0.6 is 0 Å². The lowest BCUT2D eigenvalue weighted by molar-refractivity contribution is -0.130. The lowest BCUT2D eigenvalue weighted by Gasteiger charge is -2.38. The Morgan fingerprint density at radius 3 is 2.68 bits per heavy atom. The van der Waals surface area contributed by atoms with Gasteiger partial charge in [0.2, 0.25) is 5.91 Å². The highest BCUT2D eigenvalue weighted by Crippen LogP contribution is 2.31. The minimum Gasteiger partial charge on any atom is -0.347 e. The van der Waals surface area contributed by atoms with Crippen molar-refractivity contribution in [3.05, 3.63) is 65.7 Å². The molecular weight excluding hydrogens is 353 g/mol. The number of carbonyl (C=O) groups excluding carboxylic acids is 1. The van der Waals surface area contributed by atoms with Crippen LogP contribution in [0.1, 0.15) is 50.9 Å². The van der Waals surface area contributed by atoms with E-state index >= 15 is 0 Å². The zero-order valence-corrected chi connectivity index (χ0v) is 17.0. The summed E-state index contributed by atoms with van der Waals surface area (Å²) in [5, 5.41) is 3.24. The lowest BCUT2D eigenvalue weighted by atomic mass is 9.86. The zero-order chi connectivity index (χ0) is 20.1. The number of benzene rings is 1. The van der Waals surface area contributed by atoms with E-state index in [1.165, 1.54) is 6.07 Å². The van der Waals surface area contributed by atoms with Crippen LogP contribution in [0.2, 0.25) is 0 Å². The van der Waals surface area contributed by atoms with Crippen molar-refractivity contribution in [2.75, 3.05) is 13.1 Å². The molecule has 2 unspecified atom stereocenters. The van der Waals surface area contributed by atoms with E-state index in [1.807, 2.05) is 51.1 Å². The fraction of sp³-hybridized carbons (Fsp3) is 0.478. The van der Waals surface area contributed by atoms with Gasteiger partial charge in [0.15, 0.2) is 0 Å². The van der Waals surface area contributed by atoms with Gasteiger partial charge in [-0.05, 0) is 43.5 Å². The van der Waals surface area contributed by atoms with Crippen molar-refractivity contribution in [2.24, 2.45) is 11.3 Å². The number of carbonyl (C=O) groups is 1. The van der Waals surface area contributed by atoms with Crippen LogP contribution in [0.5, 0.6) is 0 Å². The van der Waals surface area contributed by atoms with Crippen molar-refractivity contribution in [3.8, 4) is 0 Å². The quantitative estimate of drug-likeness (QED) is 0.836. The van der Waals surface area contributed by atoms with Crippen molar-refractivity contribution in [1.82, 2.24) is 15.2 Å². The maximum Gasteiger partial charge on any atom is 0.225 e. The van der Waals surface area contributed by atoms with Crippen LogP contribution in [0, 0.1) is 17.2 Å². The van der Waals surface area contributed by atoms with Crippen molar-refractivity contribution in [1.29, 1.82) is 0 Å². The summed E-state index contributed by atoms with van der Waals surface area (Å²) in [5.41, 5.74) is 1.14. The molecule has 3 rings (SSSR count).